The summed E-state index contributed by atoms with van der Waals surface area (Å²) < 4.78 is 27.1. The minimum atomic E-state index is -2.46. The van der Waals surface area contributed by atoms with Crippen LogP contribution in [-0.4, -0.2) is 18.6 Å². The molecule has 154 valence electrons. The van der Waals surface area contributed by atoms with Crippen LogP contribution in [0.1, 0.15) is 87.3 Å². The van der Waals surface area contributed by atoms with Crippen molar-refractivity contribution in [3.05, 3.63) is 34.5 Å². The molecular weight excluding hydrogens is 374 g/mol. The van der Waals surface area contributed by atoms with E-state index in [1.165, 1.54) is 44.1 Å². The smallest absolute Gasteiger partial charge is 0.264 e. The van der Waals surface area contributed by atoms with E-state index in [1.807, 2.05) is 13.1 Å². The van der Waals surface area contributed by atoms with Gasteiger partial charge < -0.3 is 4.90 Å². The lowest BCUT2D eigenvalue weighted by Crippen LogP contribution is -2.24. The first kappa shape index (κ1) is 21.2. The van der Waals surface area contributed by atoms with Crippen LogP contribution in [0.25, 0.3) is 10.4 Å². The number of hydrogen-bond donors (Lipinski definition) is 0. The number of thiazole rings is 1. The first-order valence-corrected chi connectivity index (χ1v) is 11.5. The van der Waals surface area contributed by atoms with Crippen molar-refractivity contribution >= 4 is 17.0 Å². The van der Waals surface area contributed by atoms with Crippen LogP contribution < -0.4 is 4.90 Å². The van der Waals surface area contributed by atoms with Gasteiger partial charge in [0, 0.05) is 42.5 Å². The Morgan fingerprint density at radius 3 is 2.50 bits per heavy atom. The van der Waals surface area contributed by atoms with Gasteiger partial charge in [0.2, 0.25) is 0 Å². The molecule has 2 aliphatic rings. The Morgan fingerprint density at radius 2 is 1.89 bits per heavy atom. The third-order valence-corrected chi connectivity index (χ3v) is 6.70. The van der Waals surface area contributed by atoms with Crippen LogP contribution in [0.4, 0.5) is 14.5 Å². The van der Waals surface area contributed by atoms with Gasteiger partial charge in [-0.05, 0) is 43.4 Å². The Labute approximate surface area is 172 Å². The zero-order valence-corrected chi connectivity index (χ0v) is 18.1. The highest BCUT2D eigenvalue weighted by molar-refractivity contribution is 7.15. The molecule has 1 fully saturated rings. The summed E-state index contributed by atoms with van der Waals surface area (Å²) in [7, 11) is 1.98. The maximum absolute atomic E-state index is 13.6. The second-order valence-corrected chi connectivity index (χ2v) is 9.00. The SMILES string of the molecule is CCCCCC.CN1CCCc2cc(-c3cnc(C4CC4)s3)c(C(F)F)cc21. The van der Waals surface area contributed by atoms with E-state index in [4.69, 9.17) is 0 Å². The van der Waals surface area contributed by atoms with Crippen molar-refractivity contribution in [3.8, 4) is 10.4 Å². The number of fused-ring (bicyclic) bond motifs is 1. The summed E-state index contributed by atoms with van der Waals surface area (Å²) in [4.78, 5) is 7.41. The fourth-order valence-electron chi connectivity index (χ4n) is 3.66. The topological polar surface area (TPSA) is 16.1 Å². The van der Waals surface area contributed by atoms with Crippen LogP contribution in [0, 0.1) is 0 Å². The summed E-state index contributed by atoms with van der Waals surface area (Å²) in [6, 6.07) is 3.65. The van der Waals surface area contributed by atoms with Crippen LogP contribution in [0.2, 0.25) is 0 Å². The van der Waals surface area contributed by atoms with Gasteiger partial charge in [-0.15, -0.1) is 11.3 Å². The van der Waals surface area contributed by atoms with Gasteiger partial charge in [0.25, 0.3) is 6.43 Å². The average molecular weight is 407 g/mol. The third-order valence-electron chi connectivity index (χ3n) is 5.51. The standard InChI is InChI=1S/C17H18F2N2S.C6H14/c1-21-6-2-3-11-7-12(13(16(18)19)8-14(11)21)15-9-20-17(22-15)10-4-5-10;1-3-5-6-4-2/h7-10,16H,2-6H2,1H3;3-6H2,1-2H3. The molecule has 1 saturated carbocycles. The zero-order valence-electron chi connectivity index (χ0n) is 17.3. The third kappa shape index (κ3) is 5.11. The molecule has 1 aromatic heterocycles. The summed E-state index contributed by atoms with van der Waals surface area (Å²) in [6.45, 7) is 5.40. The normalized spacial score (nSPS) is 16.0. The number of nitrogens with zero attached hydrogens (tertiary/aromatic N) is 2. The average Bonchev–Trinajstić information content (AvgIpc) is 3.43. The molecule has 28 heavy (non-hydrogen) atoms. The molecule has 0 N–H and O–H groups in total. The molecule has 0 unspecified atom stereocenters. The number of halogens is 2. The lowest BCUT2D eigenvalue weighted by atomic mass is 9.95. The van der Waals surface area contributed by atoms with E-state index in [-0.39, 0.29) is 5.56 Å². The molecule has 0 atom stereocenters. The van der Waals surface area contributed by atoms with Crippen molar-refractivity contribution in [3.63, 3.8) is 0 Å². The van der Waals surface area contributed by atoms with E-state index in [0.717, 1.165) is 35.0 Å². The van der Waals surface area contributed by atoms with Crippen LogP contribution in [0.15, 0.2) is 18.3 Å². The number of benzene rings is 1. The van der Waals surface area contributed by atoms with Crippen LogP contribution in [0.5, 0.6) is 0 Å². The highest BCUT2D eigenvalue weighted by Crippen LogP contribution is 2.45. The summed E-state index contributed by atoms with van der Waals surface area (Å²) in [5.74, 6) is 0.567. The summed E-state index contributed by atoms with van der Waals surface area (Å²) in [5, 5.41) is 1.10. The van der Waals surface area contributed by atoms with Gasteiger partial charge in [0.15, 0.2) is 0 Å². The Hall–Kier alpha value is -1.49. The fourth-order valence-corrected chi connectivity index (χ4v) is 4.78. The lowest BCUT2D eigenvalue weighted by Gasteiger charge is -2.29. The molecule has 0 saturated heterocycles. The minimum absolute atomic E-state index is 0.137. The number of unbranched alkanes of at least 4 members (excludes halogenated alkanes) is 3. The molecule has 0 spiro atoms. The van der Waals surface area contributed by atoms with Crippen LogP contribution in [0.3, 0.4) is 0 Å². The molecule has 2 aromatic rings. The molecule has 2 nitrogen and oxygen atoms in total. The summed E-state index contributed by atoms with van der Waals surface area (Å²) in [6.07, 6.45) is 9.26. The van der Waals surface area contributed by atoms with Gasteiger partial charge in [-0.3, -0.25) is 0 Å². The monoisotopic (exact) mass is 406 g/mol. The molecule has 0 bridgehead atoms. The van der Waals surface area contributed by atoms with Crippen LogP contribution in [-0.2, 0) is 6.42 Å². The fraction of sp³-hybridized carbons (Fsp3) is 0.609. The highest BCUT2D eigenvalue weighted by Gasteiger charge is 2.28. The number of alkyl halides is 2. The largest absolute Gasteiger partial charge is 0.374 e. The van der Waals surface area contributed by atoms with Crippen LogP contribution >= 0.6 is 11.3 Å². The summed E-state index contributed by atoms with van der Waals surface area (Å²) in [5.41, 5.74) is 2.94. The van der Waals surface area contributed by atoms with Gasteiger partial charge in [-0.1, -0.05) is 39.5 Å². The molecule has 0 radical (unpaired) electrons. The van der Waals surface area contributed by atoms with E-state index >= 15 is 0 Å². The second kappa shape index (κ2) is 9.82. The molecule has 1 aliphatic heterocycles. The lowest BCUT2D eigenvalue weighted by molar-refractivity contribution is 0.152. The van der Waals surface area contributed by atoms with Gasteiger partial charge in [-0.25, -0.2) is 13.8 Å². The van der Waals surface area contributed by atoms with Crippen molar-refractivity contribution in [2.45, 2.75) is 77.6 Å². The van der Waals surface area contributed by atoms with Crippen molar-refractivity contribution in [2.24, 2.45) is 0 Å². The van der Waals surface area contributed by atoms with E-state index in [1.54, 1.807) is 23.6 Å². The van der Waals surface area contributed by atoms with Gasteiger partial charge in [0.1, 0.15) is 0 Å². The van der Waals surface area contributed by atoms with Crippen molar-refractivity contribution in [2.75, 3.05) is 18.5 Å². The Bertz CT molecular complexity index is 764. The van der Waals surface area contributed by atoms with Crippen molar-refractivity contribution < 1.29 is 8.78 Å². The van der Waals surface area contributed by atoms with E-state index in [9.17, 15) is 8.78 Å². The number of rotatable bonds is 6. The molecule has 5 heteroatoms. The van der Waals surface area contributed by atoms with Crippen molar-refractivity contribution in [1.29, 1.82) is 0 Å². The number of anilines is 1. The van der Waals surface area contributed by atoms with Gasteiger partial charge in [0.05, 0.1) is 9.88 Å². The number of hydrogen-bond acceptors (Lipinski definition) is 3. The zero-order chi connectivity index (χ0) is 20.1. The van der Waals surface area contributed by atoms with E-state index in [0.29, 0.717) is 11.5 Å². The minimum Gasteiger partial charge on any atom is -0.374 e. The molecular formula is C23H32F2N2S. The Kier molecular flexibility index (Phi) is 7.44. The maximum Gasteiger partial charge on any atom is 0.264 e. The van der Waals surface area contributed by atoms with Gasteiger partial charge in [-0.2, -0.15) is 0 Å². The first-order chi connectivity index (χ1) is 13.5. The maximum atomic E-state index is 13.6. The molecule has 2 heterocycles. The van der Waals surface area contributed by atoms with Crippen molar-refractivity contribution in [1.82, 2.24) is 4.98 Å². The predicted molar refractivity (Wildman–Crippen MR) is 116 cm³/mol. The first-order valence-electron chi connectivity index (χ1n) is 10.7. The Balaban J connectivity index is 0.000000330. The van der Waals surface area contributed by atoms with E-state index in [2.05, 4.69) is 23.7 Å². The van der Waals surface area contributed by atoms with Gasteiger partial charge >= 0.3 is 0 Å². The molecule has 4 rings (SSSR count). The molecule has 1 aromatic carbocycles. The highest BCUT2D eigenvalue weighted by atomic mass is 32.1. The Morgan fingerprint density at radius 1 is 1.18 bits per heavy atom. The summed E-state index contributed by atoms with van der Waals surface area (Å²) >= 11 is 1.58. The predicted octanol–water partition coefficient (Wildman–Crippen LogP) is 7.59. The number of aromatic nitrogens is 1. The van der Waals surface area contributed by atoms with E-state index < -0.39 is 6.43 Å². The molecule has 0 amide bonds. The molecule has 1 aliphatic carbocycles. The number of aryl methyl sites for hydroxylation is 1. The second-order valence-electron chi connectivity index (χ2n) is 7.94. The quantitative estimate of drug-likeness (QED) is 0.459.